The Labute approximate surface area is 122 Å². The standard InChI is InChI=1S/C14H19N3O4/c15-17-14(19)10-3-5-11(6-4-10)21-9-13(18)16-8-12-2-1-7-20-12/h3-6,12H,1-2,7-9,15H2,(H,16,18)(H,17,19). The highest BCUT2D eigenvalue weighted by Gasteiger charge is 2.16. The molecule has 1 fully saturated rings. The van der Waals surface area contributed by atoms with E-state index in [0.717, 1.165) is 19.4 Å². The van der Waals surface area contributed by atoms with E-state index in [1.54, 1.807) is 24.3 Å². The van der Waals surface area contributed by atoms with E-state index in [1.807, 2.05) is 5.43 Å². The Balaban J connectivity index is 1.71. The summed E-state index contributed by atoms with van der Waals surface area (Å²) < 4.78 is 10.7. The highest BCUT2D eigenvalue weighted by atomic mass is 16.5. The molecule has 0 bridgehead atoms. The van der Waals surface area contributed by atoms with Crippen molar-refractivity contribution in [3.63, 3.8) is 0 Å². The predicted octanol–water partition coefficient (Wildman–Crippen LogP) is -0.0359. The second-order valence-corrected chi connectivity index (χ2v) is 4.73. The smallest absolute Gasteiger partial charge is 0.265 e. The number of carbonyl (C=O) groups is 2. The van der Waals surface area contributed by atoms with Crippen LogP contribution in [0.3, 0.4) is 0 Å². The van der Waals surface area contributed by atoms with Gasteiger partial charge in [0.1, 0.15) is 5.75 Å². The molecule has 0 aromatic heterocycles. The van der Waals surface area contributed by atoms with Crippen LogP contribution < -0.4 is 21.3 Å². The van der Waals surface area contributed by atoms with Crippen LogP contribution >= 0.6 is 0 Å². The number of amides is 2. The minimum absolute atomic E-state index is 0.0743. The molecule has 0 aliphatic carbocycles. The van der Waals surface area contributed by atoms with Crippen molar-refractivity contribution in [3.05, 3.63) is 29.8 Å². The number of carbonyl (C=O) groups excluding carboxylic acids is 2. The summed E-state index contributed by atoms with van der Waals surface area (Å²) in [5.41, 5.74) is 2.46. The molecular weight excluding hydrogens is 274 g/mol. The van der Waals surface area contributed by atoms with E-state index in [9.17, 15) is 9.59 Å². The van der Waals surface area contributed by atoms with Crippen LogP contribution in [-0.4, -0.2) is 37.7 Å². The lowest BCUT2D eigenvalue weighted by Gasteiger charge is -2.11. The third-order valence-electron chi connectivity index (χ3n) is 3.17. The summed E-state index contributed by atoms with van der Waals surface area (Å²) in [5.74, 6) is 4.96. The maximum absolute atomic E-state index is 11.6. The molecule has 1 unspecified atom stereocenters. The molecule has 114 valence electrons. The van der Waals surface area contributed by atoms with Gasteiger partial charge >= 0.3 is 0 Å². The second-order valence-electron chi connectivity index (χ2n) is 4.73. The number of hydrazine groups is 1. The molecule has 2 amide bonds. The Morgan fingerprint density at radius 3 is 2.71 bits per heavy atom. The lowest BCUT2D eigenvalue weighted by molar-refractivity contribution is -0.123. The summed E-state index contributed by atoms with van der Waals surface area (Å²) in [7, 11) is 0. The van der Waals surface area contributed by atoms with Gasteiger partial charge in [0.2, 0.25) is 0 Å². The third kappa shape index (κ3) is 4.73. The van der Waals surface area contributed by atoms with Crippen molar-refractivity contribution in [2.24, 2.45) is 5.84 Å². The van der Waals surface area contributed by atoms with Gasteiger partial charge in [-0.2, -0.15) is 0 Å². The number of ether oxygens (including phenoxy) is 2. The third-order valence-corrected chi connectivity index (χ3v) is 3.17. The van der Waals surface area contributed by atoms with Crippen molar-refractivity contribution in [1.82, 2.24) is 10.7 Å². The summed E-state index contributed by atoms with van der Waals surface area (Å²) in [6.07, 6.45) is 2.13. The normalized spacial score (nSPS) is 17.3. The average molecular weight is 293 g/mol. The van der Waals surface area contributed by atoms with Crippen LogP contribution in [0.25, 0.3) is 0 Å². The largest absolute Gasteiger partial charge is 0.484 e. The summed E-state index contributed by atoms with van der Waals surface area (Å²) in [5, 5.41) is 2.76. The van der Waals surface area contributed by atoms with Gasteiger partial charge in [0.15, 0.2) is 6.61 Å². The molecule has 1 aromatic carbocycles. The first-order valence-electron chi connectivity index (χ1n) is 6.81. The minimum Gasteiger partial charge on any atom is -0.484 e. The van der Waals surface area contributed by atoms with Gasteiger partial charge in [-0.1, -0.05) is 0 Å². The average Bonchev–Trinajstić information content (AvgIpc) is 3.04. The fourth-order valence-electron chi connectivity index (χ4n) is 2.02. The Morgan fingerprint density at radius 1 is 1.33 bits per heavy atom. The summed E-state index contributed by atoms with van der Waals surface area (Å²) in [4.78, 5) is 22.9. The van der Waals surface area contributed by atoms with E-state index >= 15 is 0 Å². The van der Waals surface area contributed by atoms with Gasteiger partial charge in [0.25, 0.3) is 11.8 Å². The molecule has 1 aliphatic heterocycles. The zero-order valence-corrected chi connectivity index (χ0v) is 11.6. The summed E-state index contributed by atoms with van der Waals surface area (Å²) in [6.45, 7) is 1.20. The van der Waals surface area contributed by atoms with Crippen LogP contribution in [0.5, 0.6) is 5.75 Å². The number of hydrogen-bond acceptors (Lipinski definition) is 5. The summed E-state index contributed by atoms with van der Waals surface area (Å²) in [6, 6.07) is 6.36. The van der Waals surface area contributed by atoms with Crippen LogP contribution in [0.4, 0.5) is 0 Å². The van der Waals surface area contributed by atoms with Gasteiger partial charge in [0.05, 0.1) is 6.10 Å². The van der Waals surface area contributed by atoms with Gasteiger partial charge in [-0.05, 0) is 37.1 Å². The van der Waals surface area contributed by atoms with E-state index in [2.05, 4.69) is 5.32 Å². The molecule has 1 atom stereocenters. The van der Waals surface area contributed by atoms with E-state index in [-0.39, 0.29) is 24.5 Å². The van der Waals surface area contributed by atoms with Crippen molar-refractivity contribution in [3.8, 4) is 5.75 Å². The molecule has 0 radical (unpaired) electrons. The zero-order chi connectivity index (χ0) is 15.1. The number of nitrogen functional groups attached to an aromatic ring is 1. The molecule has 1 saturated heterocycles. The molecule has 1 aliphatic rings. The molecule has 2 rings (SSSR count). The molecule has 1 heterocycles. The molecule has 7 heteroatoms. The van der Waals surface area contributed by atoms with Crippen LogP contribution in [0.1, 0.15) is 23.2 Å². The molecular formula is C14H19N3O4. The van der Waals surface area contributed by atoms with Crippen molar-refractivity contribution < 1.29 is 19.1 Å². The van der Waals surface area contributed by atoms with Crippen LogP contribution in [-0.2, 0) is 9.53 Å². The van der Waals surface area contributed by atoms with Crippen molar-refractivity contribution >= 4 is 11.8 Å². The van der Waals surface area contributed by atoms with Crippen LogP contribution in [0.15, 0.2) is 24.3 Å². The fourth-order valence-corrected chi connectivity index (χ4v) is 2.02. The molecule has 21 heavy (non-hydrogen) atoms. The van der Waals surface area contributed by atoms with Crippen molar-refractivity contribution in [2.45, 2.75) is 18.9 Å². The predicted molar refractivity (Wildman–Crippen MR) is 75.6 cm³/mol. The number of nitrogens with one attached hydrogen (secondary N) is 2. The van der Waals surface area contributed by atoms with Gasteiger partial charge in [-0.25, -0.2) is 5.84 Å². The maximum atomic E-state index is 11.6. The topological polar surface area (TPSA) is 103 Å². The number of rotatable bonds is 6. The molecule has 4 N–H and O–H groups in total. The van der Waals surface area contributed by atoms with Crippen molar-refractivity contribution in [1.29, 1.82) is 0 Å². The Kier molecular flexibility index (Phi) is 5.53. The van der Waals surface area contributed by atoms with Gasteiger partial charge < -0.3 is 14.8 Å². The highest BCUT2D eigenvalue weighted by Crippen LogP contribution is 2.12. The first kappa shape index (κ1) is 15.3. The van der Waals surface area contributed by atoms with E-state index in [4.69, 9.17) is 15.3 Å². The fraction of sp³-hybridized carbons (Fsp3) is 0.429. The van der Waals surface area contributed by atoms with E-state index < -0.39 is 0 Å². The zero-order valence-electron chi connectivity index (χ0n) is 11.6. The Morgan fingerprint density at radius 2 is 2.10 bits per heavy atom. The Bertz CT molecular complexity index is 483. The van der Waals surface area contributed by atoms with Crippen LogP contribution in [0, 0.1) is 0 Å². The van der Waals surface area contributed by atoms with Gasteiger partial charge in [-0.3, -0.25) is 15.0 Å². The highest BCUT2D eigenvalue weighted by molar-refractivity contribution is 5.93. The molecule has 0 saturated carbocycles. The van der Waals surface area contributed by atoms with Gasteiger partial charge in [0, 0.05) is 18.7 Å². The second kappa shape index (κ2) is 7.61. The monoisotopic (exact) mass is 293 g/mol. The molecule has 1 aromatic rings. The van der Waals surface area contributed by atoms with E-state index in [1.165, 1.54) is 0 Å². The van der Waals surface area contributed by atoms with E-state index in [0.29, 0.717) is 17.9 Å². The molecule has 7 nitrogen and oxygen atoms in total. The SMILES string of the molecule is NNC(=O)c1ccc(OCC(=O)NCC2CCCO2)cc1. The quantitative estimate of drug-likeness (QED) is 0.388. The number of nitrogens with two attached hydrogens (primary N) is 1. The summed E-state index contributed by atoms with van der Waals surface area (Å²) >= 11 is 0. The first-order valence-corrected chi connectivity index (χ1v) is 6.81. The Hall–Kier alpha value is -2.12. The molecule has 0 spiro atoms. The lowest BCUT2D eigenvalue weighted by Crippen LogP contribution is -2.35. The van der Waals surface area contributed by atoms with Crippen molar-refractivity contribution in [2.75, 3.05) is 19.8 Å². The number of hydrogen-bond donors (Lipinski definition) is 3. The first-order chi connectivity index (χ1) is 10.2. The lowest BCUT2D eigenvalue weighted by atomic mass is 10.2. The van der Waals surface area contributed by atoms with Gasteiger partial charge in [-0.15, -0.1) is 0 Å². The maximum Gasteiger partial charge on any atom is 0.265 e. The minimum atomic E-state index is -0.379. The van der Waals surface area contributed by atoms with Crippen LogP contribution in [0.2, 0.25) is 0 Å². The number of benzene rings is 1.